The third-order valence-electron chi connectivity index (χ3n) is 4.00. The number of nitrogens with zero attached hydrogens (tertiary/aromatic N) is 2. The molecule has 0 radical (unpaired) electrons. The molecule has 1 fully saturated rings. The third kappa shape index (κ3) is 4.78. The molecule has 1 aromatic rings. The molecule has 0 unspecified atom stereocenters. The first-order valence-corrected chi connectivity index (χ1v) is 9.46. The maximum atomic E-state index is 11.5. The highest BCUT2D eigenvalue weighted by atomic mass is 32.2. The fourth-order valence-electron chi connectivity index (χ4n) is 3.16. The van der Waals surface area contributed by atoms with Gasteiger partial charge in [0.25, 0.3) is 0 Å². The van der Waals surface area contributed by atoms with E-state index < -0.39 is 15.4 Å². The van der Waals surface area contributed by atoms with Crippen molar-refractivity contribution < 1.29 is 13.5 Å². The first kappa shape index (κ1) is 17.4. The molecule has 0 spiro atoms. The van der Waals surface area contributed by atoms with E-state index in [0.717, 1.165) is 31.5 Å². The van der Waals surface area contributed by atoms with Crippen molar-refractivity contribution in [2.75, 3.05) is 40.0 Å². The molecule has 1 aromatic carbocycles. The predicted molar refractivity (Wildman–Crippen MR) is 87.6 cm³/mol. The monoisotopic (exact) mass is 326 g/mol. The minimum atomic E-state index is -3.14. The Kier molecular flexibility index (Phi) is 5.27. The summed E-state index contributed by atoms with van der Waals surface area (Å²) in [5.74, 6) is 0. The summed E-state index contributed by atoms with van der Waals surface area (Å²) in [6.07, 6.45) is 3.02. The highest BCUT2D eigenvalue weighted by Gasteiger charge is 2.33. The number of benzene rings is 1. The van der Waals surface area contributed by atoms with Gasteiger partial charge in [0.2, 0.25) is 0 Å². The highest BCUT2D eigenvalue weighted by molar-refractivity contribution is 7.90. The molecule has 1 N–H and O–H groups in total. The number of rotatable bonds is 5. The molecule has 1 aliphatic rings. The Morgan fingerprint density at radius 1 is 1.27 bits per heavy atom. The summed E-state index contributed by atoms with van der Waals surface area (Å²) in [5, 5.41) is 10.7. The van der Waals surface area contributed by atoms with Crippen LogP contribution in [-0.2, 0) is 16.4 Å². The van der Waals surface area contributed by atoms with E-state index in [2.05, 4.69) is 4.90 Å². The number of aliphatic hydroxyl groups is 1. The van der Waals surface area contributed by atoms with Crippen LogP contribution in [0.1, 0.15) is 18.4 Å². The van der Waals surface area contributed by atoms with Crippen molar-refractivity contribution >= 4 is 9.84 Å². The number of likely N-dealkylation sites (N-methyl/N-ethyl adjacent to an activating group) is 1. The minimum absolute atomic E-state index is 0.346. The predicted octanol–water partition coefficient (Wildman–Crippen LogP) is 0.979. The fraction of sp³-hybridized carbons (Fsp3) is 0.625. The molecule has 0 bridgehead atoms. The standard InChI is InChI=1S/C16H26N2O3S/c1-17(2)12-16(19)9-4-10-18(13-16)11-14-5-7-15(8-6-14)22(3,20)21/h5-8,19H,4,9-13H2,1-3H3/t16-/m1/s1. The average molecular weight is 326 g/mol. The molecule has 1 atom stereocenters. The van der Waals surface area contributed by atoms with Gasteiger partial charge in [-0.2, -0.15) is 0 Å². The zero-order valence-electron chi connectivity index (χ0n) is 13.6. The third-order valence-corrected chi connectivity index (χ3v) is 5.13. The number of likely N-dealkylation sites (tertiary alicyclic amines) is 1. The fourth-order valence-corrected chi connectivity index (χ4v) is 3.79. The molecule has 5 nitrogen and oxygen atoms in total. The van der Waals surface area contributed by atoms with Gasteiger partial charge in [-0.25, -0.2) is 8.42 Å². The first-order valence-electron chi connectivity index (χ1n) is 7.56. The van der Waals surface area contributed by atoms with Crippen LogP contribution in [0.5, 0.6) is 0 Å². The van der Waals surface area contributed by atoms with Crippen molar-refractivity contribution in [2.45, 2.75) is 29.9 Å². The van der Waals surface area contributed by atoms with Gasteiger partial charge < -0.3 is 10.0 Å². The number of β-amino-alcohol motifs (C(OH)–C–C–N with tert-alkyl or cyclic N) is 1. The second-order valence-corrected chi connectivity index (χ2v) is 8.71. The maximum Gasteiger partial charge on any atom is 0.175 e. The largest absolute Gasteiger partial charge is 0.387 e. The van der Waals surface area contributed by atoms with Crippen LogP contribution in [0.4, 0.5) is 0 Å². The summed E-state index contributed by atoms with van der Waals surface area (Å²) in [4.78, 5) is 4.60. The lowest BCUT2D eigenvalue weighted by Gasteiger charge is -2.40. The summed E-state index contributed by atoms with van der Waals surface area (Å²) in [6, 6.07) is 7.02. The Hall–Kier alpha value is -0.950. The van der Waals surface area contributed by atoms with E-state index in [0.29, 0.717) is 18.0 Å². The minimum Gasteiger partial charge on any atom is -0.387 e. The van der Waals surface area contributed by atoms with Crippen LogP contribution >= 0.6 is 0 Å². The molecule has 0 amide bonds. The smallest absolute Gasteiger partial charge is 0.175 e. The molecule has 0 aromatic heterocycles. The summed E-state index contributed by atoms with van der Waals surface area (Å²) in [7, 11) is 0.802. The van der Waals surface area contributed by atoms with Crippen LogP contribution in [-0.4, -0.2) is 68.9 Å². The van der Waals surface area contributed by atoms with E-state index in [1.54, 1.807) is 12.1 Å². The lowest BCUT2D eigenvalue weighted by Crippen LogP contribution is -2.52. The summed E-state index contributed by atoms with van der Waals surface area (Å²) in [5.41, 5.74) is 0.413. The van der Waals surface area contributed by atoms with Crippen LogP contribution in [0.3, 0.4) is 0 Å². The highest BCUT2D eigenvalue weighted by Crippen LogP contribution is 2.23. The van der Waals surface area contributed by atoms with Crippen molar-refractivity contribution in [3.8, 4) is 0 Å². The van der Waals surface area contributed by atoms with Crippen molar-refractivity contribution in [3.63, 3.8) is 0 Å². The molecule has 0 saturated carbocycles. The van der Waals surface area contributed by atoms with Gasteiger partial charge in [0.05, 0.1) is 10.5 Å². The molecule has 6 heteroatoms. The SMILES string of the molecule is CN(C)C[C@]1(O)CCCN(Cc2ccc(S(C)(=O)=O)cc2)C1. The summed E-state index contributed by atoms with van der Waals surface area (Å²) in [6.45, 7) is 3.01. The number of hydrogen-bond acceptors (Lipinski definition) is 5. The van der Waals surface area contributed by atoms with E-state index in [1.165, 1.54) is 6.26 Å². The zero-order valence-corrected chi connectivity index (χ0v) is 14.4. The topological polar surface area (TPSA) is 60.9 Å². The van der Waals surface area contributed by atoms with E-state index in [9.17, 15) is 13.5 Å². The molecule has 1 saturated heterocycles. The lowest BCUT2D eigenvalue weighted by atomic mass is 9.92. The molecule has 1 heterocycles. The van der Waals surface area contributed by atoms with Crippen LogP contribution in [0, 0.1) is 0 Å². The quantitative estimate of drug-likeness (QED) is 0.874. The Bertz CT molecular complexity index is 598. The average Bonchev–Trinajstić information content (AvgIpc) is 2.36. The second kappa shape index (κ2) is 6.66. The van der Waals surface area contributed by atoms with E-state index in [-0.39, 0.29) is 0 Å². The lowest BCUT2D eigenvalue weighted by molar-refractivity contribution is -0.0479. The summed E-state index contributed by atoms with van der Waals surface area (Å²) >= 11 is 0. The van der Waals surface area contributed by atoms with Gasteiger partial charge in [-0.15, -0.1) is 0 Å². The van der Waals surface area contributed by atoms with Crippen LogP contribution in [0.25, 0.3) is 0 Å². The van der Waals surface area contributed by atoms with Gasteiger partial charge in [-0.1, -0.05) is 12.1 Å². The maximum absolute atomic E-state index is 11.5. The van der Waals surface area contributed by atoms with Gasteiger partial charge in [0, 0.05) is 25.9 Å². The van der Waals surface area contributed by atoms with Crippen molar-refractivity contribution in [2.24, 2.45) is 0 Å². The molecular weight excluding hydrogens is 300 g/mol. The molecule has 2 rings (SSSR count). The van der Waals surface area contributed by atoms with Crippen molar-refractivity contribution in [1.82, 2.24) is 9.80 Å². The van der Waals surface area contributed by atoms with E-state index >= 15 is 0 Å². The van der Waals surface area contributed by atoms with Gasteiger partial charge in [-0.05, 0) is 51.2 Å². The number of sulfone groups is 1. The van der Waals surface area contributed by atoms with Crippen LogP contribution in [0.2, 0.25) is 0 Å². The van der Waals surface area contributed by atoms with Crippen molar-refractivity contribution in [3.05, 3.63) is 29.8 Å². The van der Waals surface area contributed by atoms with E-state index in [1.807, 2.05) is 31.1 Å². The van der Waals surface area contributed by atoms with E-state index in [4.69, 9.17) is 0 Å². The Morgan fingerprint density at radius 3 is 2.45 bits per heavy atom. The molecule has 0 aliphatic carbocycles. The zero-order chi connectivity index (χ0) is 16.4. The number of piperidine rings is 1. The molecular formula is C16H26N2O3S. The Morgan fingerprint density at radius 2 is 1.91 bits per heavy atom. The summed E-state index contributed by atoms with van der Waals surface area (Å²) < 4.78 is 22.9. The molecule has 124 valence electrons. The van der Waals surface area contributed by atoms with Crippen LogP contribution in [0.15, 0.2) is 29.2 Å². The Labute approximate surface area is 133 Å². The van der Waals surface area contributed by atoms with Gasteiger partial charge in [0.15, 0.2) is 9.84 Å². The Balaban J connectivity index is 2.01. The van der Waals surface area contributed by atoms with Crippen LogP contribution < -0.4 is 0 Å². The van der Waals surface area contributed by atoms with Crippen molar-refractivity contribution in [1.29, 1.82) is 0 Å². The van der Waals surface area contributed by atoms with Gasteiger partial charge in [-0.3, -0.25) is 4.90 Å². The normalized spacial score (nSPS) is 23.9. The first-order chi connectivity index (χ1) is 10.2. The molecule has 22 heavy (non-hydrogen) atoms. The second-order valence-electron chi connectivity index (χ2n) is 6.69. The van der Waals surface area contributed by atoms with Gasteiger partial charge in [0.1, 0.15) is 0 Å². The molecule has 1 aliphatic heterocycles. The van der Waals surface area contributed by atoms with Gasteiger partial charge >= 0.3 is 0 Å². The number of hydrogen-bond donors (Lipinski definition) is 1.